The summed E-state index contributed by atoms with van der Waals surface area (Å²) in [6, 6.07) is 5.78. The Bertz CT molecular complexity index is 827. The van der Waals surface area contributed by atoms with Crippen LogP contribution < -0.4 is 5.32 Å². The Morgan fingerprint density at radius 3 is 2.68 bits per heavy atom. The maximum Gasteiger partial charge on any atom is 0.331 e. The van der Waals surface area contributed by atoms with Gasteiger partial charge >= 0.3 is 5.97 Å². The molecule has 7 heteroatoms. The zero-order valence-electron chi connectivity index (χ0n) is 14.5. The van der Waals surface area contributed by atoms with Gasteiger partial charge in [0.05, 0.1) is 17.1 Å². The molecule has 1 atom stereocenters. The molecule has 0 radical (unpaired) electrons. The van der Waals surface area contributed by atoms with E-state index in [2.05, 4.69) is 10.4 Å². The summed E-state index contributed by atoms with van der Waals surface area (Å²) in [5.74, 6) is -1.54. The molecule has 1 amide bonds. The minimum atomic E-state index is -0.983. The monoisotopic (exact) mass is 345 g/mol. The highest BCUT2D eigenvalue weighted by Gasteiger charge is 2.20. The molecule has 1 N–H and O–H groups in total. The van der Waals surface area contributed by atoms with Crippen LogP contribution >= 0.6 is 0 Å². The highest BCUT2D eigenvalue weighted by Crippen LogP contribution is 2.18. The van der Waals surface area contributed by atoms with Gasteiger partial charge in [-0.15, -0.1) is 0 Å². The molecule has 0 unspecified atom stereocenters. The number of aromatic nitrogens is 2. The zero-order valence-corrected chi connectivity index (χ0v) is 14.5. The first-order chi connectivity index (χ1) is 11.8. The molecule has 0 bridgehead atoms. The molecule has 6 nitrogen and oxygen atoms in total. The lowest BCUT2D eigenvalue weighted by Gasteiger charge is -2.12. The molecule has 1 aromatic heterocycles. The van der Waals surface area contributed by atoms with Gasteiger partial charge in [0, 0.05) is 13.1 Å². The summed E-state index contributed by atoms with van der Waals surface area (Å²) in [4.78, 5) is 24.0. The van der Waals surface area contributed by atoms with E-state index in [1.54, 1.807) is 24.7 Å². The van der Waals surface area contributed by atoms with E-state index in [-0.39, 0.29) is 0 Å². The predicted octanol–water partition coefficient (Wildman–Crippen LogP) is 2.76. The third-order valence-electron chi connectivity index (χ3n) is 3.68. The lowest BCUT2D eigenvalue weighted by Crippen LogP contribution is -2.29. The van der Waals surface area contributed by atoms with E-state index in [0.717, 1.165) is 11.8 Å². The Kier molecular flexibility index (Phi) is 5.69. The molecule has 0 saturated heterocycles. The van der Waals surface area contributed by atoms with Crippen LogP contribution in [0, 0.1) is 19.7 Å². The maximum atomic E-state index is 13.1. The van der Waals surface area contributed by atoms with E-state index in [1.807, 2.05) is 6.92 Å². The average Bonchev–Trinajstić information content (AvgIpc) is 2.79. The first-order valence-corrected chi connectivity index (χ1v) is 7.73. The van der Waals surface area contributed by atoms with E-state index in [1.165, 1.54) is 31.2 Å². The number of hydrogen-bond donors (Lipinski definition) is 1. The number of rotatable bonds is 5. The van der Waals surface area contributed by atoms with Crippen molar-refractivity contribution in [2.24, 2.45) is 7.05 Å². The average molecular weight is 345 g/mol. The van der Waals surface area contributed by atoms with E-state index < -0.39 is 23.8 Å². The van der Waals surface area contributed by atoms with Gasteiger partial charge in [-0.2, -0.15) is 5.10 Å². The van der Waals surface area contributed by atoms with Gasteiger partial charge < -0.3 is 10.1 Å². The summed E-state index contributed by atoms with van der Waals surface area (Å²) < 4.78 is 19.8. The van der Waals surface area contributed by atoms with Gasteiger partial charge in [0.1, 0.15) is 5.82 Å². The van der Waals surface area contributed by atoms with E-state index in [9.17, 15) is 14.0 Å². The van der Waals surface area contributed by atoms with Crippen molar-refractivity contribution in [1.82, 2.24) is 9.78 Å². The number of amides is 1. The second-order valence-corrected chi connectivity index (χ2v) is 5.63. The van der Waals surface area contributed by atoms with Crippen molar-refractivity contribution in [3.8, 4) is 0 Å². The summed E-state index contributed by atoms with van der Waals surface area (Å²) in [7, 11) is 1.78. The van der Waals surface area contributed by atoms with Crippen molar-refractivity contribution in [2.45, 2.75) is 26.9 Å². The van der Waals surface area contributed by atoms with Crippen LogP contribution in [0.5, 0.6) is 0 Å². The van der Waals surface area contributed by atoms with Gasteiger partial charge in [0.15, 0.2) is 6.10 Å². The largest absolute Gasteiger partial charge is 0.449 e. The van der Waals surface area contributed by atoms with Crippen LogP contribution in [0.4, 0.5) is 10.1 Å². The fourth-order valence-electron chi connectivity index (χ4n) is 2.22. The normalized spacial score (nSPS) is 12.2. The van der Waals surface area contributed by atoms with Crippen molar-refractivity contribution in [1.29, 1.82) is 0 Å². The first kappa shape index (κ1) is 18.4. The van der Waals surface area contributed by atoms with Crippen molar-refractivity contribution in [3.05, 3.63) is 53.1 Å². The van der Waals surface area contributed by atoms with E-state index >= 15 is 0 Å². The number of carbonyl (C=O) groups is 2. The molecule has 0 fully saturated rings. The topological polar surface area (TPSA) is 73.2 Å². The molecule has 0 saturated carbocycles. The van der Waals surface area contributed by atoms with Crippen LogP contribution in [0.3, 0.4) is 0 Å². The van der Waals surface area contributed by atoms with Gasteiger partial charge in [0.2, 0.25) is 0 Å². The van der Waals surface area contributed by atoms with E-state index in [0.29, 0.717) is 16.9 Å². The molecule has 0 spiro atoms. The Labute approximate surface area is 145 Å². The molecular formula is C18H20FN3O3. The molecular weight excluding hydrogens is 325 g/mol. The van der Waals surface area contributed by atoms with Crippen LogP contribution in [-0.4, -0.2) is 27.8 Å². The molecule has 2 rings (SSSR count). The van der Waals surface area contributed by atoms with Gasteiger partial charge in [-0.1, -0.05) is 12.1 Å². The number of nitrogens with one attached hydrogen (secondary N) is 1. The standard InChI is InChI=1S/C18H20FN3O3/c1-11-17(12(2)22(4)21-11)20-18(24)13(3)25-16(23)9-8-14-6-5-7-15(19)10-14/h5-10,13H,1-4H3,(H,20,24)/b9-8+/t13-/m1/s1. The number of ether oxygens (including phenoxy) is 1. The Morgan fingerprint density at radius 2 is 2.08 bits per heavy atom. The minimum absolute atomic E-state index is 0.398. The number of carbonyl (C=O) groups excluding carboxylic acids is 2. The number of aryl methyl sites for hydroxylation is 2. The lowest BCUT2D eigenvalue weighted by molar-refractivity contribution is -0.148. The summed E-state index contributed by atoms with van der Waals surface area (Å²) in [6.45, 7) is 5.08. The SMILES string of the molecule is Cc1nn(C)c(C)c1NC(=O)[C@@H](C)OC(=O)/C=C/c1cccc(F)c1. The number of esters is 1. The van der Waals surface area contributed by atoms with Crippen LogP contribution in [0.1, 0.15) is 23.9 Å². The summed E-state index contributed by atoms with van der Waals surface area (Å²) in [6.07, 6.45) is 1.59. The van der Waals surface area contributed by atoms with Crippen molar-refractivity contribution in [2.75, 3.05) is 5.32 Å². The molecule has 0 aliphatic carbocycles. The van der Waals surface area contributed by atoms with Crippen molar-refractivity contribution < 1.29 is 18.7 Å². The third-order valence-corrected chi connectivity index (χ3v) is 3.68. The molecule has 0 aliphatic heterocycles. The van der Waals surface area contributed by atoms with Crippen LogP contribution in [-0.2, 0) is 21.4 Å². The van der Waals surface area contributed by atoms with Gasteiger partial charge in [0.25, 0.3) is 5.91 Å². The second-order valence-electron chi connectivity index (χ2n) is 5.63. The number of nitrogens with zero attached hydrogens (tertiary/aromatic N) is 2. The zero-order chi connectivity index (χ0) is 18.6. The maximum absolute atomic E-state index is 13.1. The van der Waals surface area contributed by atoms with Crippen LogP contribution in [0.15, 0.2) is 30.3 Å². The Balaban J connectivity index is 1.95. The number of benzene rings is 1. The Morgan fingerprint density at radius 1 is 1.36 bits per heavy atom. The molecule has 132 valence electrons. The molecule has 25 heavy (non-hydrogen) atoms. The third kappa shape index (κ3) is 4.76. The molecule has 2 aromatic rings. The fraction of sp³-hybridized carbons (Fsp3) is 0.278. The first-order valence-electron chi connectivity index (χ1n) is 7.73. The predicted molar refractivity (Wildman–Crippen MR) is 92.3 cm³/mol. The van der Waals surface area contributed by atoms with Crippen molar-refractivity contribution >= 4 is 23.6 Å². The van der Waals surface area contributed by atoms with Crippen molar-refractivity contribution in [3.63, 3.8) is 0 Å². The van der Waals surface area contributed by atoms with Gasteiger partial charge in [-0.05, 0) is 44.5 Å². The van der Waals surface area contributed by atoms with E-state index in [4.69, 9.17) is 4.74 Å². The van der Waals surface area contributed by atoms with Gasteiger partial charge in [-0.25, -0.2) is 9.18 Å². The number of halogens is 1. The quantitative estimate of drug-likeness (QED) is 0.668. The highest BCUT2D eigenvalue weighted by molar-refractivity contribution is 5.97. The van der Waals surface area contributed by atoms with Gasteiger partial charge in [-0.3, -0.25) is 9.48 Å². The highest BCUT2D eigenvalue weighted by atomic mass is 19.1. The lowest BCUT2D eigenvalue weighted by atomic mass is 10.2. The Hall–Kier alpha value is -2.96. The minimum Gasteiger partial charge on any atom is -0.449 e. The summed E-state index contributed by atoms with van der Waals surface area (Å²) in [5, 5.41) is 6.92. The second kappa shape index (κ2) is 7.74. The number of anilines is 1. The molecule has 0 aliphatic rings. The fourth-order valence-corrected chi connectivity index (χ4v) is 2.22. The molecule has 1 heterocycles. The van der Waals surface area contributed by atoms with Crippen LogP contribution in [0.25, 0.3) is 6.08 Å². The molecule has 1 aromatic carbocycles. The smallest absolute Gasteiger partial charge is 0.331 e. The summed E-state index contributed by atoms with van der Waals surface area (Å²) >= 11 is 0. The van der Waals surface area contributed by atoms with Crippen LogP contribution in [0.2, 0.25) is 0 Å². The number of hydrogen-bond acceptors (Lipinski definition) is 4. The summed E-state index contributed by atoms with van der Waals surface area (Å²) in [5.41, 5.74) is 2.61.